The highest BCUT2D eigenvalue weighted by Crippen LogP contribution is 2.19. The number of carbonyl (C=O) groups is 1. The minimum Gasteiger partial charge on any atom is -0.469 e. The van der Waals surface area contributed by atoms with E-state index in [4.69, 9.17) is 4.74 Å². The Morgan fingerprint density at radius 1 is 1.38 bits per heavy atom. The zero-order valence-corrected chi connectivity index (χ0v) is 13.4. The normalized spacial score (nSPS) is 13.5. The van der Waals surface area contributed by atoms with Crippen molar-refractivity contribution >= 4 is 5.97 Å². The second-order valence-electron chi connectivity index (χ2n) is 5.43. The lowest BCUT2D eigenvalue weighted by Gasteiger charge is -2.17. The lowest BCUT2D eigenvalue weighted by molar-refractivity contribution is -0.141. The van der Waals surface area contributed by atoms with Gasteiger partial charge in [-0.05, 0) is 29.9 Å². The summed E-state index contributed by atoms with van der Waals surface area (Å²) >= 11 is 0. The van der Waals surface area contributed by atoms with E-state index in [1.54, 1.807) is 6.08 Å². The van der Waals surface area contributed by atoms with Crippen molar-refractivity contribution in [1.29, 1.82) is 0 Å². The van der Waals surface area contributed by atoms with E-state index in [0.29, 0.717) is 18.9 Å². The fourth-order valence-corrected chi connectivity index (χ4v) is 2.25. The molecule has 0 bridgehead atoms. The van der Waals surface area contributed by atoms with Gasteiger partial charge in [-0.2, -0.15) is 0 Å². The number of esters is 1. The fourth-order valence-electron chi connectivity index (χ4n) is 2.25. The first-order chi connectivity index (χ1) is 10.1. The topological polar surface area (TPSA) is 38.3 Å². The molecule has 0 saturated carbocycles. The van der Waals surface area contributed by atoms with E-state index in [9.17, 15) is 4.79 Å². The van der Waals surface area contributed by atoms with E-state index in [-0.39, 0.29) is 12.0 Å². The third-order valence-electron chi connectivity index (χ3n) is 3.83. The lowest BCUT2D eigenvalue weighted by Crippen LogP contribution is -2.33. The summed E-state index contributed by atoms with van der Waals surface area (Å²) in [7, 11) is 1.42. The van der Waals surface area contributed by atoms with Crippen LogP contribution in [0.3, 0.4) is 0 Å². The second kappa shape index (κ2) is 9.35. The van der Waals surface area contributed by atoms with Crippen molar-refractivity contribution < 1.29 is 9.53 Å². The molecule has 0 radical (unpaired) electrons. The van der Waals surface area contributed by atoms with E-state index in [2.05, 4.69) is 50.0 Å². The molecule has 0 aliphatic carbocycles. The number of ether oxygens (including phenoxy) is 1. The number of rotatable bonds is 9. The molecule has 1 N–H and O–H groups in total. The number of carbonyl (C=O) groups excluding carboxylic acids is 1. The van der Waals surface area contributed by atoms with Crippen molar-refractivity contribution in [3.63, 3.8) is 0 Å². The lowest BCUT2D eigenvalue weighted by atomic mass is 9.95. The number of nitrogens with one attached hydrogen (secondary N) is 1. The maximum atomic E-state index is 11.5. The number of methoxy groups -OCH3 is 1. The first kappa shape index (κ1) is 17.4. The molecule has 0 aliphatic heterocycles. The van der Waals surface area contributed by atoms with Gasteiger partial charge in [-0.25, -0.2) is 0 Å². The highest BCUT2D eigenvalue weighted by Gasteiger charge is 2.14. The second-order valence-corrected chi connectivity index (χ2v) is 5.43. The van der Waals surface area contributed by atoms with Gasteiger partial charge in [-0.3, -0.25) is 4.79 Å². The van der Waals surface area contributed by atoms with E-state index >= 15 is 0 Å². The molecular weight excluding hydrogens is 262 g/mol. The number of benzene rings is 1. The molecule has 116 valence electrons. The van der Waals surface area contributed by atoms with Crippen molar-refractivity contribution in [2.75, 3.05) is 13.7 Å². The summed E-state index contributed by atoms with van der Waals surface area (Å²) in [4.78, 5) is 11.5. The van der Waals surface area contributed by atoms with Gasteiger partial charge in [0.05, 0.1) is 13.5 Å². The van der Waals surface area contributed by atoms with Crippen LogP contribution in [0.2, 0.25) is 0 Å². The summed E-state index contributed by atoms with van der Waals surface area (Å²) in [5.74, 6) is 0.400. The van der Waals surface area contributed by atoms with E-state index in [1.165, 1.54) is 18.2 Å². The summed E-state index contributed by atoms with van der Waals surface area (Å²) in [5.41, 5.74) is 2.59. The molecule has 21 heavy (non-hydrogen) atoms. The Morgan fingerprint density at radius 3 is 2.57 bits per heavy atom. The minimum absolute atomic E-state index is 0.0740. The third kappa shape index (κ3) is 6.13. The zero-order chi connectivity index (χ0) is 15.7. The number of hydrogen-bond donors (Lipinski definition) is 1. The molecule has 1 aromatic rings. The molecular formula is C18H27NO2. The van der Waals surface area contributed by atoms with Gasteiger partial charge in [0.1, 0.15) is 0 Å². The minimum atomic E-state index is -0.187. The van der Waals surface area contributed by atoms with Crippen LogP contribution in [0.15, 0.2) is 36.9 Å². The van der Waals surface area contributed by atoms with E-state index < -0.39 is 0 Å². The Labute approximate surface area is 128 Å². The van der Waals surface area contributed by atoms with Gasteiger partial charge in [0, 0.05) is 12.6 Å². The molecule has 0 aromatic heterocycles. The molecule has 2 atom stereocenters. The van der Waals surface area contributed by atoms with Crippen LogP contribution in [0.5, 0.6) is 0 Å². The van der Waals surface area contributed by atoms with Crippen LogP contribution >= 0.6 is 0 Å². The monoisotopic (exact) mass is 289 g/mol. The van der Waals surface area contributed by atoms with Gasteiger partial charge in [0.2, 0.25) is 0 Å². The first-order valence-electron chi connectivity index (χ1n) is 7.60. The van der Waals surface area contributed by atoms with Crippen LogP contribution in [-0.2, 0) is 16.0 Å². The summed E-state index contributed by atoms with van der Waals surface area (Å²) in [5, 5.41) is 3.31. The van der Waals surface area contributed by atoms with Crippen LogP contribution in [0.1, 0.15) is 43.7 Å². The standard InChI is InChI=1S/C18H27NO2/c1-5-11-19-17(13-18(20)21-4)12-15-7-9-16(10-8-15)14(3)6-2/h5,7-10,14,17,19H,1,6,11-13H2,2-4H3. The van der Waals surface area contributed by atoms with Crippen molar-refractivity contribution in [2.24, 2.45) is 0 Å². The molecule has 0 aliphatic rings. The number of hydrogen-bond acceptors (Lipinski definition) is 3. The SMILES string of the molecule is C=CCNC(CC(=O)OC)Cc1ccc(C(C)CC)cc1. The van der Waals surface area contributed by atoms with Crippen LogP contribution in [0.25, 0.3) is 0 Å². The summed E-state index contributed by atoms with van der Waals surface area (Å²) < 4.78 is 4.76. The van der Waals surface area contributed by atoms with Gasteiger partial charge in [-0.1, -0.05) is 44.2 Å². The fraction of sp³-hybridized carbons (Fsp3) is 0.500. The predicted molar refractivity (Wildman–Crippen MR) is 87.5 cm³/mol. The highest BCUT2D eigenvalue weighted by atomic mass is 16.5. The average molecular weight is 289 g/mol. The van der Waals surface area contributed by atoms with Crippen LogP contribution in [0, 0.1) is 0 Å². The van der Waals surface area contributed by atoms with E-state index in [0.717, 1.165) is 12.8 Å². The van der Waals surface area contributed by atoms with Gasteiger partial charge in [-0.15, -0.1) is 6.58 Å². The Balaban J connectivity index is 2.68. The van der Waals surface area contributed by atoms with Crippen molar-refractivity contribution in [2.45, 2.75) is 45.1 Å². The third-order valence-corrected chi connectivity index (χ3v) is 3.83. The Morgan fingerprint density at radius 2 is 2.05 bits per heavy atom. The maximum absolute atomic E-state index is 11.5. The molecule has 1 rings (SSSR count). The van der Waals surface area contributed by atoms with Gasteiger partial charge in [0.15, 0.2) is 0 Å². The van der Waals surface area contributed by atoms with Gasteiger partial charge >= 0.3 is 5.97 Å². The summed E-state index contributed by atoms with van der Waals surface area (Å²) in [6.07, 6.45) is 4.13. The molecule has 0 saturated heterocycles. The predicted octanol–water partition coefficient (Wildman–Crippen LogP) is 3.45. The largest absolute Gasteiger partial charge is 0.469 e. The van der Waals surface area contributed by atoms with Crippen molar-refractivity contribution in [3.8, 4) is 0 Å². The molecule has 0 heterocycles. The Hall–Kier alpha value is -1.61. The van der Waals surface area contributed by atoms with Crippen LogP contribution < -0.4 is 5.32 Å². The summed E-state index contributed by atoms with van der Waals surface area (Å²) in [6.45, 7) is 8.82. The average Bonchev–Trinajstić information content (AvgIpc) is 2.52. The first-order valence-corrected chi connectivity index (χ1v) is 7.60. The van der Waals surface area contributed by atoms with Crippen molar-refractivity contribution in [1.82, 2.24) is 5.32 Å². The quantitative estimate of drug-likeness (QED) is 0.559. The molecule has 0 spiro atoms. The molecule has 0 amide bonds. The van der Waals surface area contributed by atoms with E-state index in [1.807, 2.05) is 0 Å². The Bertz CT molecular complexity index is 439. The molecule has 1 aromatic carbocycles. The maximum Gasteiger partial charge on any atom is 0.307 e. The molecule has 0 fully saturated rings. The molecule has 3 heteroatoms. The highest BCUT2D eigenvalue weighted by molar-refractivity contribution is 5.70. The summed E-state index contributed by atoms with van der Waals surface area (Å²) in [6, 6.07) is 8.76. The Kier molecular flexibility index (Phi) is 7.76. The van der Waals surface area contributed by atoms with Gasteiger partial charge in [0.25, 0.3) is 0 Å². The van der Waals surface area contributed by atoms with Crippen LogP contribution in [-0.4, -0.2) is 25.7 Å². The van der Waals surface area contributed by atoms with Crippen molar-refractivity contribution in [3.05, 3.63) is 48.0 Å². The zero-order valence-electron chi connectivity index (χ0n) is 13.4. The molecule has 3 nitrogen and oxygen atoms in total. The molecule has 2 unspecified atom stereocenters. The van der Waals surface area contributed by atoms with Gasteiger partial charge < -0.3 is 10.1 Å². The van der Waals surface area contributed by atoms with Crippen LogP contribution in [0.4, 0.5) is 0 Å². The smallest absolute Gasteiger partial charge is 0.307 e.